The minimum atomic E-state index is -0.0836. The molecule has 2 rings (SSSR count). The van der Waals surface area contributed by atoms with Gasteiger partial charge in [0.05, 0.1) is 19.8 Å². The summed E-state index contributed by atoms with van der Waals surface area (Å²) in [6.45, 7) is 4.80. The van der Waals surface area contributed by atoms with Crippen molar-refractivity contribution in [2.75, 3.05) is 13.7 Å². The summed E-state index contributed by atoms with van der Waals surface area (Å²) >= 11 is 0. The van der Waals surface area contributed by atoms with E-state index in [0.717, 1.165) is 29.9 Å². The highest BCUT2D eigenvalue weighted by Gasteiger charge is 2.14. The maximum Gasteiger partial charge on any atom is 0.251 e. The van der Waals surface area contributed by atoms with Gasteiger partial charge in [0, 0.05) is 5.56 Å². The van der Waals surface area contributed by atoms with E-state index in [0.29, 0.717) is 12.2 Å². The van der Waals surface area contributed by atoms with Gasteiger partial charge in [-0.2, -0.15) is 0 Å². The zero-order valence-corrected chi connectivity index (χ0v) is 14.5. The fourth-order valence-corrected chi connectivity index (χ4v) is 2.42. The monoisotopic (exact) mass is 327 g/mol. The molecule has 0 aliphatic heterocycles. The number of benzene rings is 2. The van der Waals surface area contributed by atoms with Gasteiger partial charge in [-0.25, -0.2) is 0 Å². The standard InChI is InChI=1S/C20H25NO3/c1-4-14-24-18-12-8-16(9-13-18)20(22)21-19(5-2)15-6-10-17(23-3)11-7-15/h6-13,19H,4-5,14H2,1-3H3,(H,21,22)/t19-/m1/s1. The molecule has 0 spiro atoms. The molecular weight excluding hydrogens is 302 g/mol. The maximum atomic E-state index is 12.5. The quantitative estimate of drug-likeness (QED) is 0.783. The number of ether oxygens (including phenoxy) is 2. The van der Waals surface area contributed by atoms with E-state index in [4.69, 9.17) is 9.47 Å². The highest BCUT2D eigenvalue weighted by molar-refractivity contribution is 5.94. The predicted octanol–water partition coefficient (Wildman–Crippen LogP) is 4.37. The second-order valence-electron chi connectivity index (χ2n) is 5.58. The Labute approximate surface area is 143 Å². The molecule has 24 heavy (non-hydrogen) atoms. The van der Waals surface area contributed by atoms with Gasteiger partial charge in [0.1, 0.15) is 11.5 Å². The second-order valence-corrected chi connectivity index (χ2v) is 5.58. The SMILES string of the molecule is CCCOc1ccc(C(=O)N[C@H](CC)c2ccc(OC)cc2)cc1. The number of amides is 1. The fraction of sp³-hybridized carbons (Fsp3) is 0.350. The van der Waals surface area contributed by atoms with Crippen LogP contribution in [-0.2, 0) is 0 Å². The Morgan fingerprint density at radius 2 is 1.62 bits per heavy atom. The first kappa shape index (κ1) is 17.9. The summed E-state index contributed by atoms with van der Waals surface area (Å²) in [7, 11) is 1.64. The minimum absolute atomic E-state index is 0.0283. The molecule has 1 N–H and O–H groups in total. The Morgan fingerprint density at radius 3 is 2.17 bits per heavy atom. The van der Waals surface area contributed by atoms with Crippen molar-refractivity contribution in [2.45, 2.75) is 32.7 Å². The van der Waals surface area contributed by atoms with Crippen molar-refractivity contribution < 1.29 is 14.3 Å². The highest BCUT2D eigenvalue weighted by Crippen LogP contribution is 2.21. The molecule has 0 aliphatic carbocycles. The van der Waals surface area contributed by atoms with Gasteiger partial charge in [-0.05, 0) is 54.8 Å². The summed E-state index contributed by atoms with van der Waals surface area (Å²) in [5, 5.41) is 3.08. The van der Waals surface area contributed by atoms with Crippen molar-refractivity contribution in [1.82, 2.24) is 5.32 Å². The van der Waals surface area contributed by atoms with Crippen LogP contribution in [0.5, 0.6) is 11.5 Å². The Morgan fingerprint density at radius 1 is 1.00 bits per heavy atom. The third-order valence-electron chi connectivity index (χ3n) is 3.82. The first-order valence-electron chi connectivity index (χ1n) is 8.35. The third-order valence-corrected chi connectivity index (χ3v) is 3.82. The van der Waals surface area contributed by atoms with Gasteiger partial charge < -0.3 is 14.8 Å². The topological polar surface area (TPSA) is 47.6 Å². The van der Waals surface area contributed by atoms with Crippen LogP contribution < -0.4 is 14.8 Å². The lowest BCUT2D eigenvalue weighted by atomic mass is 10.0. The molecule has 2 aromatic carbocycles. The molecule has 0 saturated heterocycles. The van der Waals surface area contributed by atoms with E-state index in [1.807, 2.05) is 36.4 Å². The molecular formula is C20H25NO3. The highest BCUT2D eigenvalue weighted by atomic mass is 16.5. The van der Waals surface area contributed by atoms with Crippen molar-refractivity contribution in [2.24, 2.45) is 0 Å². The average molecular weight is 327 g/mol. The largest absolute Gasteiger partial charge is 0.497 e. The van der Waals surface area contributed by atoms with Crippen LogP contribution in [0.2, 0.25) is 0 Å². The van der Waals surface area contributed by atoms with Crippen LogP contribution in [0.15, 0.2) is 48.5 Å². The molecule has 0 aliphatic rings. The van der Waals surface area contributed by atoms with Gasteiger partial charge in [0.2, 0.25) is 0 Å². The zero-order valence-electron chi connectivity index (χ0n) is 14.5. The van der Waals surface area contributed by atoms with Crippen LogP contribution in [-0.4, -0.2) is 19.6 Å². The van der Waals surface area contributed by atoms with Crippen molar-refractivity contribution in [3.05, 3.63) is 59.7 Å². The molecule has 0 fully saturated rings. The first-order chi connectivity index (χ1) is 11.7. The van der Waals surface area contributed by atoms with Crippen LogP contribution in [0, 0.1) is 0 Å². The second kappa shape index (κ2) is 8.96. The molecule has 0 bridgehead atoms. The van der Waals surface area contributed by atoms with Crippen LogP contribution in [0.25, 0.3) is 0 Å². The van der Waals surface area contributed by atoms with Crippen LogP contribution in [0.3, 0.4) is 0 Å². The number of rotatable bonds is 8. The van der Waals surface area contributed by atoms with E-state index in [2.05, 4.69) is 19.2 Å². The number of methoxy groups -OCH3 is 1. The lowest BCUT2D eigenvalue weighted by Gasteiger charge is -2.18. The summed E-state index contributed by atoms with van der Waals surface area (Å²) in [6, 6.07) is 15.0. The molecule has 0 saturated carbocycles. The van der Waals surface area contributed by atoms with Crippen LogP contribution in [0.4, 0.5) is 0 Å². The molecule has 4 heteroatoms. The van der Waals surface area contributed by atoms with Gasteiger partial charge >= 0.3 is 0 Å². The average Bonchev–Trinajstić information content (AvgIpc) is 2.64. The number of hydrogen-bond donors (Lipinski definition) is 1. The van der Waals surface area contributed by atoms with Crippen LogP contribution >= 0.6 is 0 Å². The smallest absolute Gasteiger partial charge is 0.251 e. The number of carbonyl (C=O) groups excluding carboxylic acids is 1. The number of nitrogens with one attached hydrogen (secondary N) is 1. The van der Waals surface area contributed by atoms with Gasteiger partial charge in [0.15, 0.2) is 0 Å². The van der Waals surface area contributed by atoms with Crippen molar-refractivity contribution in [1.29, 1.82) is 0 Å². The number of hydrogen-bond acceptors (Lipinski definition) is 3. The van der Waals surface area contributed by atoms with E-state index < -0.39 is 0 Å². The van der Waals surface area contributed by atoms with Gasteiger partial charge in [0.25, 0.3) is 5.91 Å². The number of carbonyl (C=O) groups is 1. The summed E-state index contributed by atoms with van der Waals surface area (Å²) in [6.07, 6.45) is 1.78. The lowest BCUT2D eigenvalue weighted by Crippen LogP contribution is -2.28. The molecule has 1 atom stereocenters. The molecule has 0 heterocycles. The Hall–Kier alpha value is -2.49. The summed E-state index contributed by atoms with van der Waals surface area (Å²) in [4.78, 5) is 12.5. The van der Waals surface area contributed by atoms with Gasteiger partial charge in [-0.3, -0.25) is 4.79 Å². The fourth-order valence-electron chi connectivity index (χ4n) is 2.42. The Bertz CT molecular complexity index is 635. The maximum absolute atomic E-state index is 12.5. The molecule has 4 nitrogen and oxygen atoms in total. The van der Waals surface area contributed by atoms with E-state index in [9.17, 15) is 4.79 Å². The van der Waals surface area contributed by atoms with Crippen molar-refractivity contribution >= 4 is 5.91 Å². The van der Waals surface area contributed by atoms with E-state index in [-0.39, 0.29) is 11.9 Å². The third kappa shape index (κ3) is 4.75. The van der Waals surface area contributed by atoms with Gasteiger partial charge in [-0.1, -0.05) is 26.0 Å². The van der Waals surface area contributed by atoms with Crippen LogP contribution in [0.1, 0.15) is 48.7 Å². The summed E-state index contributed by atoms with van der Waals surface area (Å²) in [5.41, 5.74) is 1.69. The van der Waals surface area contributed by atoms with E-state index in [1.54, 1.807) is 19.2 Å². The Balaban J connectivity index is 2.02. The molecule has 2 aromatic rings. The Kier molecular flexibility index (Phi) is 6.67. The first-order valence-corrected chi connectivity index (χ1v) is 8.35. The predicted molar refractivity (Wildman–Crippen MR) is 95.7 cm³/mol. The van der Waals surface area contributed by atoms with Crippen molar-refractivity contribution in [3.63, 3.8) is 0 Å². The zero-order chi connectivity index (χ0) is 17.4. The van der Waals surface area contributed by atoms with E-state index >= 15 is 0 Å². The van der Waals surface area contributed by atoms with Crippen molar-refractivity contribution in [3.8, 4) is 11.5 Å². The summed E-state index contributed by atoms with van der Waals surface area (Å²) < 4.78 is 10.7. The molecule has 0 unspecified atom stereocenters. The normalized spacial score (nSPS) is 11.6. The molecule has 0 aromatic heterocycles. The lowest BCUT2D eigenvalue weighted by molar-refractivity contribution is 0.0935. The van der Waals surface area contributed by atoms with Gasteiger partial charge in [-0.15, -0.1) is 0 Å². The molecule has 0 radical (unpaired) electrons. The summed E-state index contributed by atoms with van der Waals surface area (Å²) in [5.74, 6) is 1.51. The minimum Gasteiger partial charge on any atom is -0.497 e. The molecule has 128 valence electrons. The molecule has 1 amide bonds. The van der Waals surface area contributed by atoms with E-state index in [1.165, 1.54) is 0 Å².